The Kier molecular flexibility index (Phi) is 5.28. The number of rotatable bonds is 4. The van der Waals surface area contributed by atoms with Gasteiger partial charge in [0.1, 0.15) is 0 Å². The Balaban J connectivity index is 1.98. The molecule has 26 heavy (non-hydrogen) atoms. The summed E-state index contributed by atoms with van der Waals surface area (Å²) in [6.45, 7) is 5.88. The Bertz CT molecular complexity index is 866. The zero-order valence-corrected chi connectivity index (χ0v) is 15.9. The molecule has 0 saturated heterocycles. The fourth-order valence-electron chi connectivity index (χ4n) is 3.57. The second-order valence-corrected chi connectivity index (χ2v) is 6.96. The number of hydrogen-bond donors (Lipinski definition) is 1. The van der Waals surface area contributed by atoms with E-state index in [0.29, 0.717) is 17.1 Å². The number of carbonyl (C=O) groups excluding carboxylic acids is 2. The molecule has 1 aliphatic rings. The monoisotopic (exact) mass is 371 g/mol. The van der Waals surface area contributed by atoms with Gasteiger partial charge in [-0.15, -0.1) is 0 Å². The third-order valence-corrected chi connectivity index (χ3v) is 5.01. The van der Waals surface area contributed by atoms with Crippen LogP contribution in [0.15, 0.2) is 30.6 Å². The van der Waals surface area contributed by atoms with E-state index in [1.165, 1.54) is 6.92 Å². The van der Waals surface area contributed by atoms with Gasteiger partial charge in [-0.2, -0.15) is 0 Å². The van der Waals surface area contributed by atoms with E-state index >= 15 is 0 Å². The molecule has 1 N–H and O–H groups in total. The molecule has 3 rings (SSSR count). The maximum absolute atomic E-state index is 13.2. The predicted molar refractivity (Wildman–Crippen MR) is 103 cm³/mol. The van der Waals surface area contributed by atoms with Crippen molar-refractivity contribution in [3.8, 4) is 0 Å². The first-order chi connectivity index (χ1) is 12.4. The Morgan fingerprint density at radius 3 is 2.77 bits per heavy atom. The molecule has 0 bridgehead atoms. The predicted octanol–water partition coefficient (Wildman–Crippen LogP) is 3.83. The number of amides is 2. The first kappa shape index (κ1) is 18.4. The lowest BCUT2D eigenvalue weighted by molar-refractivity contribution is -0.119. The van der Waals surface area contributed by atoms with Gasteiger partial charge >= 0.3 is 0 Å². The number of fused-ring (bicyclic) bond motifs is 1. The van der Waals surface area contributed by atoms with Gasteiger partial charge in [0.15, 0.2) is 0 Å². The van der Waals surface area contributed by atoms with Gasteiger partial charge in [-0.3, -0.25) is 14.6 Å². The minimum Gasteiger partial charge on any atom is -0.349 e. The summed E-state index contributed by atoms with van der Waals surface area (Å²) >= 11 is 6.02. The molecule has 0 radical (unpaired) electrons. The summed E-state index contributed by atoms with van der Waals surface area (Å²) < 4.78 is 0. The van der Waals surface area contributed by atoms with Crippen LogP contribution in [0.4, 0.5) is 5.69 Å². The molecule has 1 atom stereocenters. The van der Waals surface area contributed by atoms with E-state index in [9.17, 15) is 9.59 Å². The Labute approximate surface area is 158 Å². The summed E-state index contributed by atoms with van der Waals surface area (Å²) in [4.78, 5) is 30.7. The summed E-state index contributed by atoms with van der Waals surface area (Å²) in [7, 11) is 0. The molecule has 136 valence electrons. The lowest BCUT2D eigenvalue weighted by Gasteiger charge is -2.24. The fourth-order valence-corrected chi connectivity index (χ4v) is 3.80. The van der Waals surface area contributed by atoms with Crippen molar-refractivity contribution < 1.29 is 9.59 Å². The Morgan fingerprint density at radius 2 is 2.12 bits per heavy atom. The maximum atomic E-state index is 13.2. The van der Waals surface area contributed by atoms with Crippen molar-refractivity contribution in [2.75, 3.05) is 11.4 Å². The molecule has 5 nitrogen and oxygen atoms in total. The first-order valence-electron chi connectivity index (χ1n) is 8.74. The minimum atomic E-state index is -0.0696. The summed E-state index contributed by atoms with van der Waals surface area (Å²) in [6.07, 6.45) is 5.15. The largest absolute Gasteiger partial charge is 0.349 e. The molecule has 1 aromatic heterocycles. The third kappa shape index (κ3) is 3.44. The molecule has 1 heterocycles. The second kappa shape index (κ2) is 7.46. The number of benzene rings is 1. The number of aromatic nitrogens is 1. The van der Waals surface area contributed by atoms with E-state index in [0.717, 1.165) is 35.2 Å². The van der Waals surface area contributed by atoms with E-state index in [2.05, 4.69) is 10.3 Å². The summed E-state index contributed by atoms with van der Waals surface area (Å²) in [5.41, 5.74) is 4.37. The normalized spacial score (nSPS) is 15.5. The van der Waals surface area contributed by atoms with Crippen LogP contribution in [0.3, 0.4) is 0 Å². The van der Waals surface area contributed by atoms with Crippen LogP contribution in [-0.4, -0.2) is 23.3 Å². The molecular weight excluding hydrogens is 350 g/mol. The van der Waals surface area contributed by atoms with Crippen LogP contribution in [0.1, 0.15) is 53.4 Å². The third-order valence-electron chi connectivity index (χ3n) is 4.78. The lowest BCUT2D eigenvalue weighted by atomic mass is 10.1. The molecule has 2 amide bonds. The number of halogens is 1. The molecule has 0 saturated carbocycles. The van der Waals surface area contributed by atoms with Crippen molar-refractivity contribution in [1.29, 1.82) is 0 Å². The van der Waals surface area contributed by atoms with E-state index < -0.39 is 0 Å². The zero-order chi connectivity index (χ0) is 18.8. The highest BCUT2D eigenvalue weighted by Crippen LogP contribution is 2.37. The standard InChI is InChI=1S/C20H22ClN3O2/c1-4-24(20(26)15-6-5-14(21)9-12(15)2)19-11-22-10-17-16(19)7-8-18(17)23-13(3)25/h5-6,9-11,18H,4,7-8H2,1-3H3,(H,23,25)/t18-/m0/s1. The van der Waals surface area contributed by atoms with Gasteiger partial charge in [0.25, 0.3) is 5.91 Å². The molecule has 6 heteroatoms. The number of pyridine rings is 1. The van der Waals surface area contributed by atoms with E-state index in [1.54, 1.807) is 35.5 Å². The van der Waals surface area contributed by atoms with Crippen molar-refractivity contribution in [3.05, 3.63) is 57.9 Å². The SMILES string of the molecule is CCN(C(=O)c1ccc(Cl)cc1C)c1cncc2c1CC[C@@H]2NC(C)=O. The lowest BCUT2D eigenvalue weighted by Crippen LogP contribution is -2.32. The van der Waals surface area contributed by atoms with Crippen LogP contribution in [0.5, 0.6) is 0 Å². The van der Waals surface area contributed by atoms with Gasteiger partial charge in [-0.05, 0) is 61.6 Å². The van der Waals surface area contributed by atoms with Crippen molar-refractivity contribution in [2.24, 2.45) is 0 Å². The van der Waals surface area contributed by atoms with E-state index in [4.69, 9.17) is 11.6 Å². The van der Waals surface area contributed by atoms with Crippen LogP contribution in [0, 0.1) is 6.92 Å². The smallest absolute Gasteiger partial charge is 0.258 e. The fraction of sp³-hybridized carbons (Fsp3) is 0.350. The molecule has 0 spiro atoms. The van der Waals surface area contributed by atoms with Crippen molar-refractivity contribution >= 4 is 29.1 Å². The van der Waals surface area contributed by atoms with Gasteiger partial charge in [0.2, 0.25) is 5.91 Å². The van der Waals surface area contributed by atoms with Crippen molar-refractivity contribution in [2.45, 2.75) is 39.7 Å². The van der Waals surface area contributed by atoms with Gasteiger partial charge in [0.05, 0.1) is 17.9 Å². The van der Waals surface area contributed by atoms with Crippen LogP contribution >= 0.6 is 11.6 Å². The number of nitrogens with one attached hydrogen (secondary N) is 1. The molecule has 2 aromatic rings. The Hall–Kier alpha value is -2.40. The van der Waals surface area contributed by atoms with Crippen molar-refractivity contribution in [3.63, 3.8) is 0 Å². The van der Waals surface area contributed by atoms with E-state index in [-0.39, 0.29) is 17.9 Å². The number of anilines is 1. The molecule has 0 unspecified atom stereocenters. The molecule has 1 aromatic carbocycles. The van der Waals surface area contributed by atoms with Crippen molar-refractivity contribution in [1.82, 2.24) is 10.3 Å². The summed E-state index contributed by atoms with van der Waals surface area (Å²) in [5, 5.41) is 3.57. The van der Waals surface area contributed by atoms with Crippen LogP contribution in [-0.2, 0) is 11.2 Å². The van der Waals surface area contributed by atoms with Gasteiger partial charge < -0.3 is 10.2 Å². The average molecular weight is 372 g/mol. The number of carbonyl (C=O) groups is 2. The van der Waals surface area contributed by atoms with Gasteiger partial charge in [-0.1, -0.05) is 11.6 Å². The quantitative estimate of drug-likeness (QED) is 0.888. The zero-order valence-electron chi connectivity index (χ0n) is 15.2. The first-order valence-corrected chi connectivity index (χ1v) is 9.12. The maximum Gasteiger partial charge on any atom is 0.258 e. The van der Waals surface area contributed by atoms with Gasteiger partial charge in [-0.25, -0.2) is 0 Å². The molecule has 0 aliphatic heterocycles. The molecule has 1 aliphatic carbocycles. The molecular formula is C20H22ClN3O2. The average Bonchev–Trinajstić information content (AvgIpc) is 2.98. The topological polar surface area (TPSA) is 62.3 Å². The van der Waals surface area contributed by atoms with Crippen LogP contribution in [0.25, 0.3) is 0 Å². The minimum absolute atomic E-state index is 0.0407. The number of aryl methyl sites for hydroxylation is 1. The number of nitrogens with zero attached hydrogens (tertiary/aromatic N) is 2. The molecule has 0 fully saturated rings. The Morgan fingerprint density at radius 1 is 1.35 bits per heavy atom. The highest BCUT2D eigenvalue weighted by atomic mass is 35.5. The summed E-state index contributed by atoms with van der Waals surface area (Å²) in [5.74, 6) is -0.131. The van der Waals surface area contributed by atoms with Gasteiger partial charge in [0, 0.05) is 30.3 Å². The second-order valence-electron chi connectivity index (χ2n) is 6.53. The van der Waals surface area contributed by atoms with Crippen LogP contribution < -0.4 is 10.2 Å². The highest BCUT2D eigenvalue weighted by Gasteiger charge is 2.29. The number of hydrogen-bond acceptors (Lipinski definition) is 3. The summed E-state index contributed by atoms with van der Waals surface area (Å²) in [6, 6.07) is 5.25. The van der Waals surface area contributed by atoms with E-state index in [1.807, 2.05) is 13.8 Å². The highest BCUT2D eigenvalue weighted by molar-refractivity contribution is 6.30. The van der Waals surface area contributed by atoms with Crippen LogP contribution in [0.2, 0.25) is 5.02 Å².